The van der Waals surface area contributed by atoms with Crippen LogP contribution in [0.4, 0.5) is 5.69 Å². The lowest BCUT2D eigenvalue weighted by atomic mass is 10.1. The molecule has 3 nitrogen and oxygen atoms in total. The normalized spacial score (nSPS) is 12.2. The third-order valence-electron chi connectivity index (χ3n) is 3.12. The van der Waals surface area contributed by atoms with E-state index in [0.29, 0.717) is 16.3 Å². The summed E-state index contributed by atoms with van der Waals surface area (Å²) in [6.07, 6.45) is 0. The van der Waals surface area contributed by atoms with Gasteiger partial charge in [0, 0.05) is 11.9 Å². The number of halogens is 1. The zero-order valence-electron chi connectivity index (χ0n) is 10.8. The summed E-state index contributed by atoms with van der Waals surface area (Å²) < 4.78 is 0. The lowest BCUT2D eigenvalue weighted by molar-refractivity contribution is 0.0745. The first kappa shape index (κ1) is 13.9. The van der Waals surface area contributed by atoms with Gasteiger partial charge < -0.3 is 10.6 Å². The number of nitrogens with zero attached hydrogens (tertiary/aromatic N) is 1. The topological polar surface area (TPSA) is 46.3 Å². The van der Waals surface area contributed by atoms with Crippen LogP contribution in [0.25, 0.3) is 0 Å². The van der Waals surface area contributed by atoms with Gasteiger partial charge in [-0.15, -0.1) is 11.3 Å². The molecule has 19 heavy (non-hydrogen) atoms. The Balaban J connectivity index is 2.26. The molecule has 0 saturated carbocycles. The SMILES string of the molecule is CC(c1cccs1)N(C)C(=O)c1cccc(N)c1Cl. The summed E-state index contributed by atoms with van der Waals surface area (Å²) in [5.41, 5.74) is 6.59. The van der Waals surface area contributed by atoms with Crippen LogP contribution in [-0.2, 0) is 0 Å². The third-order valence-corrected chi connectivity index (χ3v) is 4.58. The van der Waals surface area contributed by atoms with E-state index in [0.717, 1.165) is 4.88 Å². The van der Waals surface area contributed by atoms with Crippen LogP contribution in [0.3, 0.4) is 0 Å². The highest BCUT2D eigenvalue weighted by Crippen LogP contribution is 2.28. The maximum Gasteiger partial charge on any atom is 0.255 e. The van der Waals surface area contributed by atoms with Gasteiger partial charge in [-0.3, -0.25) is 4.79 Å². The van der Waals surface area contributed by atoms with Gasteiger partial charge in [0.25, 0.3) is 5.91 Å². The first-order valence-electron chi connectivity index (χ1n) is 5.87. The zero-order chi connectivity index (χ0) is 14.0. The van der Waals surface area contributed by atoms with Crippen molar-refractivity contribution in [3.63, 3.8) is 0 Å². The lowest BCUT2D eigenvalue weighted by Crippen LogP contribution is -2.29. The van der Waals surface area contributed by atoms with Crippen molar-refractivity contribution < 1.29 is 4.79 Å². The number of hydrogen-bond acceptors (Lipinski definition) is 3. The third kappa shape index (κ3) is 2.74. The number of thiophene rings is 1. The van der Waals surface area contributed by atoms with Crippen LogP contribution in [0.1, 0.15) is 28.2 Å². The van der Waals surface area contributed by atoms with E-state index < -0.39 is 0 Å². The smallest absolute Gasteiger partial charge is 0.255 e. The number of carbonyl (C=O) groups excluding carboxylic acids is 1. The molecule has 1 aromatic carbocycles. The molecule has 2 aromatic rings. The van der Waals surface area contributed by atoms with Gasteiger partial charge in [0.15, 0.2) is 0 Å². The number of benzene rings is 1. The fourth-order valence-electron chi connectivity index (χ4n) is 1.80. The van der Waals surface area contributed by atoms with E-state index in [1.54, 1.807) is 41.5 Å². The summed E-state index contributed by atoms with van der Waals surface area (Å²) in [7, 11) is 1.77. The number of anilines is 1. The van der Waals surface area contributed by atoms with Gasteiger partial charge in [0.1, 0.15) is 0 Å². The summed E-state index contributed by atoms with van der Waals surface area (Å²) in [5.74, 6) is -0.127. The number of nitrogens with two attached hydrogens (primary N) is 1. The van der Waals surface area contributed by atoms with Crippen molar-refractivity contribution in [1.29, 1.82) is 0 Å². The van der Waals surface area contributed by atoms with Crippen molar-refractivity contribution in [1.82, 2.24) is 4.90 Å². The lowest BCUT2D eigenvalue weighted by Gasteiger charge is -2.24. The molecule has 1 unspecified atom stereocenters. The standard InChI is InChI=1S/C14H15ClN2OS/c1-9(12-7-4-8-19-12)17(2)14(18)10-5-3-6-11(16)13(10)15/h3-9H,16H2,1-2H3. The van der Waals surface area contributed by atoms with Crippen LogP contribution in [0.5, 0.6) is 0 Å². The molecule has 1 amide bonds. The average Bonchev–Trinajstić information content (AvgIpc) is 2.93. The van der Waals surface area contributed by atoms with Crippen LogP contribution in [0, 0.1) is 0 Å². The van der Waals surface area contributed by atoms with Crippen LogP contribution >= 0.6 is 22.9 Å². The molecule has 1 heterocycles. The number of rotatable bonds is 3. The van der Waals surface area contributed by atoms with E-state index in [1.165, 1.54) is 0 Å². The summed E-state index contributed by atoms with van der Waals surface area (Å²) >= 11 is 7.72. The van der Waals surface area contributed by atoms with Crippen LogP contribution in [-0.4, -0.2) is 17.9 Å². The molecule has 1 atom stereocenters. The van der Waals surface area contributed by atoms with Gasteiger partial charge in [-0.25, -0.2) is 0 Å². The Hall–Kier alpha value is -1.52. The van der Waals surface area contributed by atoms with Gasteiger partial charge in [-0.1, -0.05) is 23.7 Å². The van der Waals surface area contributed by atoms with Gasteiger partial charge in [-0.2, -0.15) is 0 Å². The van der Waals surface area contributed by atoms with E-state index in [-0.39, 0.29) is 11.9 Å². The van der Waals surface area contributed by atoms with Crippen molar-refractivity contribution >= 4 is 34.5 Å². The highest BCUT2D eigenvalue weighted by molar-refractivity contribution is 7.10. The molecular formula is C14H15ClN2OS. The minimum Gasteiger partial charge on any atom is -0.398 e. The Morgan fingerprint density at radius 3 is 2.74 bits per heavy atom. The predicted octanol–water partition coefficient (Wildman–Crippen LogP) is 3.82. The molecule has 0 fully saturated rings. The second kappa shape index (κ2) is 5.63. The zero-order valence-corrected chi connectivity index (χ0v) is 12.3. The fraction of sp³-hybridized carbons (Fsp3) is 0.214. The Labute approximate surface area is 121 Å². The molecule has 0 bridgehead atoms. The Morgan fingerprint density at radius 2 is 2.11 bits per heavy atom. The molecule has 100 valence electrons. The van der Waals surface area contributed by atoms with Crippen LogP contribution in [0.15, 0.2) is 35.7 Å². The minimum atomic E-state index is -0.127. The molecule has 0 aliphatic carbocycles. The Morgan fingerprint density at radius 1 is 1.37 bits per heavy atom. The summed E-state index contributed by atoms with van der Waals surface area (Å²) in [6, 6.07) is 9.10. The van der Waals surface area contributed by atoms with Crippen LogP contribution < -0.4 is 5.73 Å². The largest absolute Gasteiger partial charge is 0.398 e. The van der Waals surface area contributed by atoms with Crippen LogP contribution in [0.2, 0.25) is 5.02 Å². The van der Waals surface area contributed by atoms with Gasteiger partial charge in [0.05, 0.1) is 22.3 Å². The van der Waals surface area contributed by atoms with Crippen molar-refractivity contribution in [2.24, 2.45) is 0 Å². The fourth-order valence-corrected chi connectivity index (χ4v) is 2.83. The first-order chi connectivity index (χ1) is 9.02. The van der Waals surface area contributed by atoms with Gasteiger partial charge >= 0.3 is 0 Å². The minimum absolute atomic E-state index is 0.00463. The van der Waals surface area contributed by atoms with Crippen molar-refractivity contribution in [3.05, 3.63) is 51.2 Å². The van der Waals surface area contributed by atoms with Crippen molar-refractivity contribution in [2.75, 3.05) is 12.8 Å². The number of amides is 1. The molecule has 0 saturated heterocycles. The molecule has 2 N–H and O–H groups in total. The molecular weight excluding hydrogens is 280 g/mol. The highest BCUT2D eigenvalue weighted by Gasteiger charge is 2.22. The van der Waals surface area contributed by atoms with Crippen molar-refractivity contribution in [2.45, 2.75) is 13.0 Å². The molecule has 0 spiro atoms. The number of nitrogen functional groups attached to an aromatic ring is 1. The average molecular weight is 295 g/mol. The van der Waals surface area contributed by atoms with E-state index in [1.807, 2.05) is 24.4 Å². The number of carbonyl (C=O) groups is 1. The van der Waals surface area contributed by atoms with E-state index in [9.17, 15) is 4.79 Å². The van der Waals surface area contributed by atoms with E-state index in [4.69, 9.17) is 17.3 Å². The Bertz CT molecular complexity index is 583. The molecule has 0 radical (unpaired) electrons. The molecule has 1 aromatic heterocycles. The monoisotopic (exact) mass is 294 g/mol. The maximum atomic E-state index is 12.4. The van der Waals surface area contributed by atoms with Gasteiger partial charge in [0.2, 0.25) is 0 Å². The summed E-state index contributed by atoms with van der Waals surface area (Å²) in [4.78, 5) is 15.3. The number of hydrogen-bond donors (Lipinski definition) is 1. The summed E-state index contributed by atoms with van der Waals surface area (Å²) in [6.45, 7) is 1.99. The Kier molecular flexibility index (Phi) is 4.12. The molecule has 5 heteroatoms. The highest BCUT2D eigenvalue weighted by atomic mass is 35.5. The molecule has 2 rings (SSSR count). The van der Waals surface area contributed by atoms with E-state index >= 15 is 0 Å². The quantitative estimate of drug-likeness (QED) is 0.875. The first-order valence-corrected chi connectivity index (χ1v) is 7.12. The second-order valence-electron chi connectivity index (χ2n) is 4.32. The predicted molar refractivity (Wildman–Crippen MR) is 80.7 cm³/mol. The second-order valence-corrected chi connectivity index (χ2v) is 5.67. The molecule has 0 aliphatic rings. The maximum absolute atomic E-state index is 12.4. The summed E-state index contributed by atoms with van der Waals surface area (Å²) in [5, 5.41) is 2.31. The van der Waals surface area contributed by atoms with E-state index in [2.05, 4.69) is 0 Å². The molecule has 0 aliphatic heterocycles. The van der Waals surface area contributed by atoms with Crippen molar-refractivity contribution in [3.8, 4) is 0 Å². The van der Waals surface area contributed by atoms with Gasteiger partial charge in [-0.05, 0) is 30.5 Å².